The van der Waals surface area contributed by atoms with Gasteiger partial charge in [0.05, 0.1) is 30.2 Å². The second kappa shape index (κ2) is 11.1. The van der Waals surface area contributed by atoms with Crippen LogP contribution in [0, 0.1) is 0 Å². The van der Waals surface area contributed by atoms with Crippen LogP contribution in [0.2, 0.25) is 10.0 Å². The maximum atomic E-state index is 12.1. The first kappa shape index (κ1) is 22.3. The van der Waals surface area contributed by atoms with Crippen LogP contribution in [0.5, 0.6) is 11.5 Å². The Morgan fingerprint density at radius 2 is 2.00 bits per heavy atom. The van der Waals surface area contributed by atoms with Crippen LogP contribution in [0.1, 0.15) is 12.3 Å². The molecule has 10 heteroatoms. The summed E-state index contributed by atoms with van der Waals surface area (Å²) in [5.41, 5.74) is 0.609. The molecule has 1 N–H and O–H groups in total. The molecule has 0 saturated heterocycles. The lowest BCUT2D eigenvalue weighted by Crippen LogP contribution is -2.14. The summed E-state index contributed by atoms with van der Waals surface area (Å²) in [6, 6.07) is 12.3. The summed E-state index contributed by atoms with van der Waals surface area (Å²) in [4.78, 5) is 12.1. The van der Waals surface area contributed by atoms with E-state index >= 15 is 0 Å². The minimum Gasteiger partial charge on any atom is -0.495 e. The molecular formula is C20H19Cl2N3O4S. The Labute approximate surface area is 188 Å². The van der Waals surface area contributed by atoms with Crippen LogP contribution < -0.4 is 14.8 Å². The number of ether oxygens (including phenoxy) is 2. The van der Waals surface area contributed by atoms with E-state index in [9.17, 15) is 4.79 Å². The van der Waals surface area contributed by atoms with Gasteiger partial charge in [0, 0.05) is 11.4 Å². The second-order valence-electron chi connectivity index (χ2n) is 6.03. The maximum absolute atomic E-state index is 12.1. The number of methoxy groups -OCH3 is 1. The molecule has 2 aromatic carbocycles. The number of anilines is 1. The van der Waals surface area contributed by atoms with E-state index in [1.54, 1.807) is 37.4 Å². The molecule has 3 rings (SSSR count). The molecule has 30 heavy (non-hydrogen) atoms. The van der Waals surface area contributed by atoms with E-state index in [2.05, 4.69) is 15.5 Å². The van der Waals surface area contributed by atoms with Crippen molar-refractivity contribution in [3.05, 3.63) is 58.4 Å². The van der Waals surface area contributed by atoms with Crippen molar-refractivity contribution in [3.63, 3.8) is 0 Å². The quantitative estimate of drug-likeness (QED) is 0.326. The van der Waals surface area contributed by atoms with E-state index in [0.717, 1.165) is 0 Å². The first-order chi connectivity index (χ1) is 14.5. The summed E-state index contributed by atoms with van der Waals surface area (Å²) >= 11 is 13.1. The molecule has 0 aliphatic heterocycles. The predicted octanol–water partition coefficient (Wildman–Crippen LogP) is 5.13. The maximum Gasteiger partial charge on any atom is 0.277 e. The number of amides is 1. The van der Waals surface area contributed by atoms with Crippen molar-refractivity contribution in [2.45, 2.75) is 18.1 Å². The third kappa shape index (κ3) is 6.55. The van der Waals surface area contributed by atoms with E-state index in [1.165, 1.54) is 11.8 Å². The standard InChI is InChI=1S/C20H19Cl2N3O4S/c1-27-17-6-3-2-5-15(17)23-18(26)12-30-20-25-24-19(29-20)7-4-10-28-16-9-8-13(21)11-14(16)22/h2-3,5-6,8-9,11H,4,7,10,12H2,1H3,(H,23,26). The van der Waals surface area contributed by atoms with Crippen LogP contribution in [0.4, 0.5) is 5.69 Å². The minimum atomic E-state index is -0.197. The summed E-state index contributed by atoms with van der Waals surface area (Å²) in [6.45, 7) is 0.438. The van der Waals surface area contributed by atoms with Crippen molar-refractivity contribution in [3.8, 4) is 11.5 Å². The number of halogens is 2. The zero-order valence-corrected chi connectivity index (χ0v) is 18.4. The summed E-state index contributed by atoms with van der Waals surface area (Å²) in [6.07, 6.45) is 1.21. The lowest BCUT2D eigenvalue weighted by atomic mass is 10.3. The van der Waals surface area contributed by atoms with Crippen LogP contribution in [-0.2, 0) is 11.2 Å². The third-order valence-corrected chi connectivity index (χ3v) is 5.19. The molecule has 1 heterocycles. The molecule has 1 aromatic heterocycles. The highest BCUT2D eigenvalue weighted by atomic mass is 35.5. The van der Waals surface area contributed by atoms with Crippen LogP contribution in [0.25, 0.3) is 0 Å². The van der Waals surface area contributed by atoms with Gasteiger partial charge in [-0.05, 0) is 36.8 Å². The second-order valence-corrected chi connectivity index (χ2v) is 7.80. The molecular weight excluding hydrogens is 449 g/mol. The van der Waals surface area contributed by atoms with Gasteiger partial charge in [0.1, 0.15) is 11.5 Å². The van der Waals surface area contributed by atoms with Crippen molar-refractivity contribution in [2.75, 3.05) is 24.8 Å². The smallest absolute Gasteiger partial charge is 0.277 e. The Kier molecular flexibility index (Phi) is 8.24. The van der Waals surface area contributed by atoms with E-state index in [1.807, 2.05) is 12.1 Å². The van der Waals surface area contributed by atoms with Crippen molar-refractivity contribution < 1.29 is 18.7 Å². The van der Waals surface area contributed by atoms with E-state index in [-0.39, 0.29) is 11.7 Å². The number of hydrogen-bond acceptors (Lipinski definition) is 7. The number of aromatic nitrogens is 2. The van der Waals surface area contributed by atoms with Gasteiger partial charge in [0.15, 0.2) is 0 Å². The molecule has 7 nitrogen and oxygen atoms in total. The molecule has 0 unspecified atom stereocenters. The van der Waals surface area contributed by atoms with Crippen LogP contribution in [-0.4, -0.2) is 35.6 Å². The molecule has 0 aliphatic rings. The topological polar surface area (TPSA) is 86.5 Å². The monoisotopic (exact) mass is 467 g/mol. The first-order valence-corrected chi connectivity index (χ1v) is 10.7. The zero-order valence-electron chi connectivity index (χ0n) is 16.1. The summed E-state index contributed by atoms with van der Waals surface area (Å²) in [5, 5.41) is 12.1. The number of para-hydroxylation sites is 2. The number of aryl methyl sites for hydroxylation is 1. The average molecular weight is 468 g/mol. The highest BCUT2D eigenvalue weighted by Gasteiger charge is 2.12. The van der Waals surface area contributed by atoms with Crippen LogP contribution >= 0.6 is 35.0 Å². The van der Waals surface area contributed by atoms with E-state index in [0.29, 0.717) is 57.8 Å². The Balaban J connectivity index is 1.40. The average Bonchev–Trinajstić information content (AvgIpc) is 3.19. The van der Waals surface area contributed by atoms with E-state index < -0.39 is 0 Å². The Hall–Kier alpha value is -2.42. The molecule has 158 valence electrons. The number of nitrogens with zero attached hydrogens (tertiary/aromatic N) is 2. The lowest BCUT2D eigenvalue weighted by Gasteiger charge is -2.08. The molecule has 0 bridgehead atoms. The van der Waals surface area contributed by atoms with Gasteiger partial charge in [-0.2, -0.15) is 0 Å². The molecule has 0 atom stereocenters. The highest BCUT2D eigenvalue weighted by molar-refractivity contribution is 7.99. The molecule has 0 saturated carbocycles. The van der Waals surface area contributed by atoms with Crippen molar-refractivity contribution in [1.82, 2.24) is 10.2 Å². The molecule has 1 amide bonds. The summed E-state index contributed by atoms with van der Waals surface area (Å²) in [5.74, 6) is 1.59. The molecule has 3 aromatic rings. The predicted molar refractivity (Wildman–Crippen MR) is 117 cm³/mol. The molecule has 0 aliphatic carbocycles. The molecule has 0 spiro atoms. The number of rotatable bonds is 10. The Morgan fingerprint density at radius 3 is 2.80 bits per heavy atom. The Morgan fingerprint density at radius 1 is 1.17 bits per heavy atom. The molecule has 0 fully saturated rings. The normalized spacial score (nSPS) is 10.6. The number of carbonyl (C=O) groups excluding carboxylic acids is 1. The van der Waals surface area contributed by atoms with Crippen molar-refractivity contribution >= 4 is 46.6 Å². The van der Waals surface area contributed by atoms with Crippen LogP contribution in [0.3, 0.4) is 0 Å². The lowest BCUT2D eigenvalue weighted by molar-refractivity contribution is -0.113. The van der Waals surface area contributed by atoms with Gasteiger partial charge >= 0.3 is 0 Å². The summed E-state index contributed by atoms with van der Waals surface area (Å²) < 4.78 is 16.4. The van der Waals surface area contributed by atoms with Gasteiger partial charge in [-0.1, -0.05) is 47.1 Å². The van der Waals surface area contributed by atoms with Gasteiger partial charge in [-0.3, -0.25) is 4.79 Å². The van der Waals surface area contributed by atoms with E-state index in [4.69, 9.17) is 37.1 Å². The number of thioether (sulfide) groups is 1. The van der Waals surface area contributed by atoms with Crippen LogP contribution in [0.15, 0.2) is 52.1 Å². The zero-order chi connectivity index (χ0) is 21.3. The van der Waals surface area contributed by atoms with Crippen molar-refractivity contribution in [1.29, 1.82) is 0 Å². The number of benzene rings is 2. The third-order valence-electron chi connectivity index (χ3n) is 3.84. The SMILES string of the molecule is COc1ccccc1NC(=O)CSc1nnc(CCCOc2ccc(Cl)cc2Cl)o1. The highest BCUT2D eigenvalue weighted by Crippen LogP contribution is 2.28. The summed E-state index contributed by atoms with van der Waals surface area (Å²) in [7, 11) is 1.55. The first-order valence-electron chi connectivity index (χ1n) is 9.01. The minimum absolute atomic E-state index is 0.137. The van der Waals surface area contributed by atoms with Gasteiger partial charge in [-0.25, -0.2) is 0 Å². The number of carbonyl (C=O) groups is 1. The van der Waals surface area contributed by atoms with Gasteiger partial charge in [0.25, 0.3) is 5.22 Å². The largest absolute Gasteiger partial charge is 0.495 e. The van der Waals surface area contributed by atoms with Gasteiger partial charge < -0.3 is 19.2 Å². The van der Waals surface area contributed by atoms with Crippen molar-refractivity contribution in [2.24, 2.45) is 0 Å². The molecule has 0 radical (unpaired) electrons. The fourth-order valence-corrected chi connectivity index (χ4v) is 3.50. The number of hydrogen-bond donors (Lipinski definition) is 1. The number of nitrogens with one attached hydrogen (secondary N) is 1. The van der Waals surface area contributed by atoms with Gasteiger partial charge in [0.2, 0.25) is 11.8 Å². The fourth-order valence-electron chi connectivity index (χ4n) is 2.46. The van der Waals surface area contributed by atoms with Gasteiger partial charge in [-0.15, -0.1) is 10.2 Å². The fraction of sp³-hybridized carbons (Fsp3) is 0.250. The Bertz CT molecular complexity index is 1000.